The molecule has 3 rings (SSSR count). The van der Waals surface area contributed by atoms with Crippen molar-refractivity contribution < 1.29 is 0 Å². The van der Waals surface area contributed by atoms with Crippen LogP contribution >= 0.6 is 11.6 Å². The van der Waals surface area contributed by atoms with Gasteiger partial charge in [-0.05, 0) is 36.1 Å². The highest BCUT2D eigenvalue weighted by atomic mass is 35.5. The molecule has 2 atom stereocenters. The molecule has 1 aliphatic heterocycles. The Bertz CT molecular complexity index is 884. The van der Waals surface area contributed by atoms with E-state index in [4.69, 9.17) is 16.6 Å². The van der Waals surface area contributed by atoms with Gasteiger partial charge >= 0.3 is 0 Å². The molecule has 3 nitrogen and oxygen atoms in total. The Morgan fingerprint density at radius 1 is 1.07 bits per heavy atom. The summed E-state index contributed by atoms with van der Waals surface area (Å²) >= 11 is 6.27. The first-order valence-electron chi connectivity index (χ1n) is 10.5. The summed E-state index contributed by atoms with van der Waals surface area (Å²) < 4.78 is 0. The molecule has 4 heteroatoms. The molecule has 1 saturated heterocycles. The molecule has 0 amide bonds. The quantitative estimate of drug-likeness (QED) is 0.390. The lowest BCUT2D eigenvalue weighted by Crippen LogP contribution is -2.30. The summed E-state index contributed by atoms with van der Waals surface area (Å²) in [5, 5.41) is 7.85. The number of guanidine groups is 1. The highest BCUT2D eigenvalue weighted by Crippen LogP contribution is 2.27. The van der Waals surface area contributed by atoms with Crippen molar-refractivity contribution in [2.24, 2.45) is 4.99 Å². The Balaban J connectivity index is 0.00000155. The van der Waals surface area contributed by atoms with E-state index in [1.54, 1.807) is 0 Å². The number of benzene rings is 2. The third-order valence-corrected chi connectivity index (χ3v) is 5.12. The summed E-state index contributed by atoms with van der Waals surface area (Å²) in [4.78, 5) is 4.74. The molecular formula is C26H32ClN3. The minimum absolute atomic E-state index is 0.0958. The second kappa shape index (κ2) is 12.7. The lowest BCUT2D eigenvalue weighted by atomic mass is 9.94. The molecule has 0 aromatic heterocycles. The normalized spacial score (nSPS) is 19.7. The van der Waals surface area contributed by atoms with Crippen molar-refractivity contribution in [3.8, 4) is 0 Å². The molecule has 2 aromatic rings. The second-order valence-electron chi connectivity index (χ2n) is 6.63. The van der Waals surface area contributed by atoms with Gasteiger partial charge in [0.25, 0.3) is 0 Å². The zero-order valence-corrected chi connectivity index (χ0v) is 18.9. The Labute approximate surface area is 186 Å². The standard InChI is InChI=1S/C24H26ClN3.C2H6/c1-3-5-7-12-18(4-2)22-23(19-13-8-6-9-14-19)28-24(27-22)26-17-20-15-10-11-16-21(20)25;1-2/h3-4,6-16,22-23H,1,5,17H2,2H3,(H2,26,27,28);1-2H3/b12-7?,18-4+;/t22-,23+;/m1./s1. The van der Waals surface area contributed by atoms with Crippen LogP contribution in [0.1, 0.15) is 44.4 Å². The molecule has 2 N–H and O–H groups in total. The number of hydrogen-bond donors (Lipinski definition) is 2. The molecule has 2 aromatic carbocycles. The molecule has 158 valence electrons. The van der Waals surface area contributed by atoms with Crippen LogP contribution in [0.25, 0.3) is 0 Å². The van der Waals surface area contributed by atoms with Crippen LogP contribution in [0, 0.1) is 0 Å². The number of rotatable bonds is 7. The van der Waals surface area contributed by atoms with Gasteiger partial charge in [-0.2, -0.15) is 0 Å². The predicted molar refractivity (Wildman–Crippen MR) is 131 cm³/mol. The summed E-state index contributed by atoms with van der Waals surface area (Å²) in [7, 11) is 0. The number of nitrogens with one attached hydrogen (secondary N) is 2. The monoisotopic (exact) mass is 421 g/mol. The number of hydrogen-bond acceptors (Lipinski definition) is 1. The number of nitrogens with zero attached hydrogens (tertiary/aromatic N) is 1. The topological polar surface area (TPSA) is 36.4 Å². The Morgan fingerprint density at radius 2 is 1.77 bits per heavy atom. The van der Waals surface area contributed by atoms with Crippen LogP contribution in [0.2, 0.25) is 5.02 Å². The molecule has 1 heterocycles. The van der Waals surface area contributed by atoms with Crippen LogP contribution in [0.5, 0.6) is 0 Å². The van der Waals surface area contributed by atoms with Gasteiger partial charge in [-0.3, -0.25) is 0 Å². The molecule has 0 spiro atoms. The number of allylic oxidation sites excluding steroid dienone is 3. The largest absolute Gasteiger partial charge is 0.347 e. The summed E-state index contributed by atoms with van der Waals surface area (Å²) in [6, 6.07) is 18.5. The third-order valence-electron chi connectivity index (χ3n) is 4.75. The maximum atomic E-state index is 6.27. The van der Waals surface area contributed by atoms with Crippen molar-refractivity contribution in [3.05, 3.63) is 107 Å². The Morgan fingerprint density at radius 3 is 2.43 bits per heavy atom. The van der Waals surface area contributed by atoms with E-state index in [1.807, 2.05) is 50.3 Å². The van der Waals surface area contributed by atoms with E-state index in [9.17, 15) is 0 Å². The summed E-state index contributed by atoms with van der Waals surface area (Å²) in [5.74, 6) is 0.787. The lowest BCUT2D eigenvalue weighted by Gasteiger charge is -2.20. The fourth-order valence-corrected chi connectivity index (χ4v) is 3.47. The fraction of sp³-hybridized carbons (Fsp3) is 0.269. The van der Waals surface area contributed by atoms with Gasteiger partial charge in [0.2, 0.25) is 0 Å². The predicted octanol–water partition coefficient (Wildman–Crippen LogP) is 6.60. The van der Waals surface area contributed by atoms with E-state index >= 15 is 0 Å². The van der Waals surface area contributed by atoms with Gasteiger partial charge < -0.3 is 10.6 Å². The van der Waals surface area contributed by atoms with Crippen LogP contribution in [0.15, 0.2) is 96.0 Å². The minimum Gasteiger partial charge on any atom is -0.347 e. The highest BCUT2D eigenvalue weighted by molar-refractivity contribution is 6.31. The van der Waals surface area contributed by atoms with Gasteiger partial charge in [-0.1, -0.05) is 98.3 Å². The van der Waals surface area contributed by atoms with Crippen LogP contribution in [-0.4, -0.2) is 12.0 Å². The average molecular weight is 422 g/mol. The number of halogens is 1. The molecule has 1 aliphatic rings. The van der Waals surface area contributed by atoms with E-state index in [-0.39, 0.29) is 12.1 Å². The first-order valence-corrected chi connectivity index (χ1v) is 10.9. The van der Waals surface area contributed by atoms with Crippen LogP contribution in [-0.2, 0) is 6.54 Å². The molecule has 1 fully saturated rings. The van der Waals surface area contributed by atoms with Crippen molar-refractivity contribution in [1.29, 1.82) is 0 Å². The molecule has 0 unspecified atom stereocenters. The smallest absolute Gasteiger partial charge is 0.192 e. The summed E-state index contributed by atoms with van der Waals surface area (Å²) in [6.45, 7) is 10.4. The van der Waals surface area contributed by atoms with Crippen molar-refractivity contribution in [2.75, 3.05) is 0 Å². The van der Waals surface area contributed by atoms with E-state index in [1.165, 1.54) is 11.1 Å². The van der Waals surface area contributed by atoms with Gasteiger partial charge in [-0.25, -0.2) is 4.99 Å². The zero-order valence-electron chi connectivity index (χ0n) is 18.1. The van der Waals surface area contributed by atoms with E-state index in [0.29, 0.717) is 6.54 Å². The Kier molecular flexibility index (Phi) is 9.96. The maximum absolute atomic E-state index is 6.27. The van der Waals surface area contributed by atoms with Gasteiger partial charge in [0.15, 0.2) is 5.96 Å². The van der Waals surface area contributed by atoms with E-state index in [0.717, 1.165) is 23.0 Å². The van der Waals surface area contributed by atoms with Crippen molar-refractivity contribution in [1.82, 2.24) is 10.6 Å². The molecule has 0 aliphatic carbocycles. The second-order valence-corrected chi connectivity index (χ2v) is 7.03. The molecule has 0 bridgehead atoms. The molecule has 30 heavy (non-hydrogen) atoms. The van der Waals surface area contributed by atoms with Gasteiger partial charge in [0.1, 0.15) is 0 Å². The molecule has 0 saturated carbocycles. The van der Waals surface area contributed by atoms with Gasteiger partial charge in [-0.15, -0.1) is 6.58 Å². The van der Waals surface area contributed by atoms with Crippen LogP contribution < -0.4 is 10.6 Å². The molecule has 0 radical (unpaired) electrons. The van der Waals surface area contributed by atoms with Crippen LogP contribution in [0.4, 0.5) is 0 Å². The maximum Gasteiger partial charge on any atom is 0.192 e. The first kappa shape index (κ1) is 23.5. The zero-order chi connectivity index (χ0) is 21.8. The van der Waals surface area contributed by atoms with Crippen molar-refractivity contribution >= 4 is 17.6 Å². The minimum atomic E-state index is 0.0958. The van der Waals surface area contributed by atoms with E-state index in [2.05, 4.69) is 66.6 Å². The summed E-state index contributed by atoms with van der Waals surface area (Å²) in [5.41, 5.74) is 3.45. The van der Waals surface area contributed by atoms with Gasteiger partial charge in [0, 0.05) is 5.02 Å². The Hall–Kier alpha value is -2.78. The molecular weight excluding hydrogens is 390 g/mol. The van der Waals surface area contributed by atoms with Gasteiger partial charge in [0.05, 0.1) is 18.6 Å². The van der Waals surface area contributed by atoms with Crippen molar-refractivity contribution in [2.45, 2.75) is 45.8 Å². The van der Waals surface area contributed by atoms with Crippen LogP contribution in [0.3, 0.4) is 0 Å². The average Bonchev–Trinajstić information content (AvgIpc) is 3.22. The number of aliphatic imine (C=N–C) groups is 1. The lowest BCUT2D eigenvalue weighted by molar-refractivity contribution is 0.596. The SMILES string of the molecule is C=CCC=C/C(=C\C)[C@H]1NC(=NCc2ccccc2Cl)N[C@H]1c1ccccc1.CC. The summed E-state index contributed by atoms with van der Waals surface area (Å²) in [6.07, 6.45) is 9.18. The first-order chi connectivity index (χ1) is 14.7. The third kappa shape index (κ3) is 6.36. The van der Waals surface area contributed by atoms with E-state index < -0.39 is 0 Å². The highest BCUT2D eigenvalue weighted by Gasteiger charge is 2.32. The van der Waals surface area contributed by atoms with Crippen molar-refractivity contribution in [3.63, 3.8) is 0 Å². The fourth-order valence-electron chi connectivity index (χ4n) is 3.28.